The van der Waals surface area contributed by atoms with Crippen molar-refractivity contribution in [1.29, 1.82) is 5.26 Å². The van der Waals surface area contributed by atoms with Gasteiger partial charge in [-0.3, -0.25) is 4.79 Å². The number of hydrogen-bond donors (Lipinski definition) is 0. The highest BCUT2D eigenvalue weighted by molar-refractivity contribution is 5.94. The third-order valence-electron chi connectivity index (χ3n) is 6.94. The molecule has 4 nitrogen and oxygen atoms in total. The minimum absolute atomic E-state index is 0.0253. The summed E-state index contributed by atoms with van der Waals surface area (Å²) in [6.07, 6.45) is -0.570. The first-order chi connectivity index (χ1) is 17.3. The predicted octanol–water partition coefficient (Wildman–Crippen LogP) is 6.60. The van der Waals surface area contributed by atoms with Gasteiger partial charge in [0, 0.05) is 42.3 Å². The van der Waals surface area contributed by atoms with Crippen molar-refractivity contribution in [2.75, 3.05) is 13.1 Å². The maximum absolute atomic E-state index is 12.9. The van der Waals surface area contributed by atoms with Crippen molar-refractivity contribution in [2.24, 2.45) is 0 Å². The monoisotopic (exact) mass is 487 g/mol. The fourth-order valence-electron chi connectivity index (χ4n) is 4.99. The first kappa shape index (κ1) is 23.7. The molecule has 1 aromatic heterocycles. The van der Waals surface area contributed by atoms with Gasteiger partial charge in [-0.2, -0.15) is 18.4 Å². The molecule has 1 saturated heterocycles. The Morgan fingerprint density at radius 2 is 1.61 bits per heavy atom. The molecule has 1 aliphatic heterocycles. The van der Waals surface area contributed by atoms with Gasteiger partial charge in [0.1, 0.15) is 0 Å². The van der Waals surface area contributed by atoms with Crippen molar-refractivity contribution in [1.82, 2.24) is 9.47 Å². The standard InChI is InChI=1S/C29H24F3N3O/c30-29(31,32)24-11-7-21(8-12-24)18-35-19-26(25-3-1-2-4-27(25)35)22-13-15-34(16-14-22)28(36)23-9-5-20(17-33)6-10-23/h1-12,19,22H,13-16,18H2. The Morgan fingerprint density at radius 3 is 2.25 bits per heavy atom. The van der Waals surface area contributed by atoms with Gasteiger partial charge in [0.15, 0.2) is 0 Å². The molecular formula is C29H24F3N3O. The average Bonchev–Trinajstić information content (AvgIpc) is 3.26. The zero-order valence-corrected chi connectivity index (χ0v) is 19.5. The lowest BCUT2D eigenvalue weighted by molar-refractivity contribution is -0.137. The smallest absolute Gasteiger partial charge is 0.343 e. The number of benzene rings is 3. The van der Waals surface area contributed by atoms with E-state index >= 15 is 0 Å². The molecule has 0 aliphatic carbocycles. The van der Waals surface area contributed by atoms with E-state index in [-0.39, 0.29) is 11.8 Å². The summed E-state index contributed by atoms with van der Waals surface area (Å²) in [5, 5.41) is 10.1. The van der Waals surface area contributed by atoms with Crippen LogP contribution < -0.4 is 0 Å². The summed E-state index contributed by atoms with van der Waals surface area (Å²) < 4.78 is 40.9. The second-order valence-corrected chi connectivity index (χ2v) is 9.18. The van der Waals surface area contributed by atoms with Gasteiger partial charge in [0.2, 0.25) is 0 Å². The number of halogens is 3. The normalized spacial score (nSPS) is 14.7. The molecule has 182 valence electrons. The summed E-state index contributed by atoms with van der Waals surface area (Å²) in [5.41, 5.74) is 3.52. The molecule has 0 N–H and O–H groups in total. The van der Waals surface area contributed by atoms with Crippen molar-refractivity contribution >= 4 is 16.8 Å². The molecule has 3 aromatic carbocycles. The highest BCUT2D eigenvalue weighted by Gasteiger charge is 2.30. The summed E-state index contributed by atoms with van der Waals surface area (Å²) >= 11 is 0. The quantitative estimate of drug-likeness (QED) is 0.326. The van der Waals surface area contributed by atoms with Crippen molar-refractivity contribution in [3.05, 3.63) is 107 Å². The second-order valence-electron chi connectivity index (χ2n) is 9.18. The molecule has 0 spiro atoms. The van der Waals surface area contributed by atoms with Crippen LogP contribution in [-0.4, -0.2) is 28.5 Å². The summed E-state index contributed by atoms with van der Waals surface area (Å²) in [7, 11) is 0. The molecule has 7 heteroatoms. The maximum atomic E-state index is 12.9. The number of nitriles is 1. The number of carbonyl (C=O) groups is 1. The van der Waals surface area contributed by atoms with E-state index in [1.54, 1.807) is 24.3 Å². The molecule has 0 unspecified atom stereocenters. The predicted molar refractivity (Wildman–Crippen MR) is 132 cm³/mol. The largest absolute Gasteiger partial charge is 0.416 e. The molecule has 5 rings (SSSR count). The SMILES string of the molecule is N#Cc1ccc(C(=O)N2CCC(c3cn(Cc4ccc(C(F)(F)F)cc4)c4ccccc34)CC2)cc1. The van der Waals surface area contributed by atoms with Crippen LogP contribution >= 0.6 is 0 Å². The molecule has 4 aromatic rings. The lowest BCUT2D eigenvalue weighted by atomic mass is 9.89. The van der Waals surface area contributed by atoms with E-state index in [0.29, 0.717) is 30.8 Å². The Balaban J connectivity index is 1.32. The number of amides is 1. The number of hydrogen-bond acceptors (Lipinski definition) is 2. The summed E-state index contributed by atoms with van der Waals surface area (Å²) in [5.74, 6) is 0.261. The van der Waals surface area contributed by atoms with Gasteiger partial charge in [-0.25, -0.2) is 0 Å². The van der Waals surface area contributed by atoms with Crippen LogP contribution in [0.15, 0.2) is 79.0 Å². The van der Waals surface area contributed by atoms with Crippen molar-refractivity contribution in [3.63, 3.8) is 0 Å². The Labute approximate surface area is 207 Å². The Bertz CT molecular complexity index is 1420. The molecule has 1 amide bonds. The van der Waals surface area contributed by atoms with Crippen LogP contribution in [0.3, 0.4) is 0 Å². The van der Waals surface area contributed by atoms with Gasteiger partial charge >= 0.3 is 6.18 Å². The van der Waals surface area contributed by atoms with E-state index in [4.69, 9.17) is 5.26 Å². The highest BCUT2D eigenvalue weighted by atomic mass is 19.4. The molecule has 2 heterocycles. The number of carbonyl (C=O) groups excluding carboxylic acids is 1. The highest BCUT2D eigenvalue weighted by Crippen LogP contribution is 2.35. The molecule has 1 aliphatic rings. The molecule has 0 atom stereocenters. The van der Waals surface area contributed by atoms with E-state index in [2.05, 4.69) is 22.9 Å². The van der Waals surface area contributed by atoms with E-state index in [9.17, 15) is 18.0 Å². The Hall–Kier alpha value is -4.05. The molecule has 0 saturated carbocycles. The number of piperidine rings is 1. The number of rotatable bonds is 4. The first-order valence-corrected chi connectivity index (χ1v) is 11.9. The lowest BCUT2D eigenvalue weighted by Crippen LogP contribution is -2.37. The van der Waals surface area contributed by atoms with E-state index < -0.39 is 11.7 Å². The summed E-state index contributed by atoms with van der Waals surface area (Å²) in [6.45, 7) is 1.76. The molecule has 1 fully saturated rings. The third kappa shape index (κ3) is 4.72. The fourth-order valence-corrected chi connectivity index (χ4v) is 4.99. The van der Waals surface area contributed by atoms with E-state index in [1.807, 2.05) is 23.1 Å². The second kappa shape index (κ2) is 9.54. The van der Waals surface area contributed by atoms with Crippen molar-refractivity contribution in [3.8, 4) is 6.07 Å². The number of fused-ring (bicyclic) bond motifs is 1. The summed E-state index contributed by atoms with van der Waals surface area (Å²) in [6, 6.07) is 22.2. The topological polar surface area (TPSA) is 49.0 Å². The van der Waals surface area contributed by atoms with Gasteiger partial charge in [0.05, 0.1) is 17.2 Å². The first-order valence-electron chi connectivity index (χ1n) is 11.9. The lowest BCUT2D eigenvalue weighted by Gasteiger charge is -2.32. The number of alkyl halides is 3. The third-order valence-corrected chi connectivity index (χ3v) is 6.94. The van der Waals surface area contributed by atoms with Crippen molar-refractivity contribution < 1.29 is 18.0 Å². The van der Waals surface area contributed by atoms with Crippen LogP contribution in [-0.2, 0) is 12.7 Å². The zero-order chi connectivity index (χ0) is 25.3. The van der Waals surface area contributed by atoms with Crippen LogP contribution in [0.1, 0.15) is 51.4 Å². The fraction of sp³-hybridized carbons (Fsp3) is 0.241. The molecular weight excluding hydrogens is 463 g/mol. The number of nitrogens with zero attached hydrogens (tertiary/aromatic N) is 3. The minimum Gasteiger partial charge on any atom is -0.343 e. The van der Waals surface area contributed by atoms with Crippen LogP contribution in [0.5, 0.6) is 0 Å². The van der Waals surface area contributed by atoms with Crippen LogP contribution in [0.25, 0.3) is 10.9 Å². The van der Waals surface area contributed by atoms with E-state index in [1.165, 1.54) is 17.7 Å². The summed E-state index contributed by atoms with van der Waals surface area (Å²) in [4.78, 5) is 14.8. The van der Waals surface area contributed by atoms with Gasteiger partial charge in [-0.05, 0) is 72.4 Å². The maximum Gasteiger partial charge on any atom is 0.416 e. The number of aromatic nitrogens is 1. The van der Waals surface area contributed by atoms with Crippen molar-refractivity contribution in [2.45, 2.75) is 31.5 Å². The minimum atomic E-state index is -4.35. The Morgan fingerprint density at radius 1 is 0.944 bits per heavy atom. The zero-order valence-electron chi connectivity index (χ0n) is 19.5. The van der Waals surface area contributed by atoms with Gasteiger partial charge in [0.25, 0.3) is 5.91 Å². The van der Waals surface area contributed by atoms with E-state index in [0.717, 1.165) is 41.4 Å². The van der Waals surface area contributed by atoms with Gasteiger partial charge < -0.3 is 9.47 Å². The van der Waals surface area contributed by atoms with Gasteiger partial charge in [-0.1, -0.05) is 30.3 Å². The Kier molecular flexibility index (Phi) is 6.27. The average molecular weight is 488 g/mol. The molecule has 0 radical (unpaired) electrons. The van der Waals surface area contributed by atoms with Crippen LogP contribution in [0.4, 0.5) is 13.2 Å². The van der Waals surface area contributed by atoms with Gasteiger partial charge in [-0.15, -0.1) is 0 Å². The molecule has 0 bridgehead atoms. The number of likely N-dealkylation sites (tertiary alicyclic amines) is 1. The van der Waals surface area contributed by atoms with Crippen LogP contribution in [0.2, 0.25) is 0 Å². The van der Waals surface area contributed by atoms with Crippen LogP contribution in [0, 0.1) is 11.3 Å². The molecule has 36 heavy (non-hydrogen) atoms. The number of para-hydroxylation sites is 1.